The van der Waals surface area contributed by atoms with Crippen molar-refractivity contribution in [2.24, 2.45) is 0 Å². The van der Waals surface area contributed by atoms with Crippen LogP contribution in [-0.4, -0.2) is 30.9 Å². The molecule has 30 heavy (non-hydrogen) atoms. The summed E-state index contributed by atoms with van der Waals surface area (Å²) in [6.45, 7) is 1.87. The molecular weight excluding hydrogens is 383 g/mol. The third-order valence-electron chi connectivity index (χ3n) is 5.18. The second-order valence-electron chi connectivity index (χ2n) is 7.12. The summed E-state index contributed by atoms with van der Waals surface area (Å²) in [6.07, 6.45) is 1.84. The van der Waals surface area contributed by atoms with Gasteiger partial charge in [-0.3, -0.25) is 4.79 Å². The Morgan fingerprint density at radius 1 is 1.10 bits per heavy atom. The van der Waals surface area contributed by atoms with Crippen molar-refractivity contribution in [3.8, 4) is 17.2 Å². The number of halogens is 1. The third kappa shape index (κ3) is 3.12. The van der Waals surface area contributed by atoms with Gasteiger partial charge < -0.3 is 5.32 Å². The number of rotatable bonds is 3. The number of benzene rings is 2. The molecule has 2 aromatic carbocycles. The minimum absolute atomic E-state index is 0.148. The summed E-state index contributed by atoms with van der Waals surface area (Å²) in [5.74, 6) is 0.0909. The molecule has 0 spiro atoms. The van der Waals surface area contributed by atoms with E-state index < -0.39 is 0 Å². The van der Waals surface area contributed by atoms with Crippen LogP contribution in [0.3, 0.4) is 0 Å². The quantitative estimate of drug-likeness (QED) is 0.567. The zero-order chi connectivity index (χ0) is 20.7. The van der Waals surface area contributed by atoms with Crippen molar-refractivity contribution >= 4 is 11.7 Å². The number of anilines is 1. The summed E-state index contributed by atoms with van der Waals surface area (Å²) in [5, 5.41) is 15.7. The molecule has 1 aliphatic rings. The molecule has 0 radical (unpaired) electrons. The van der Waals surface area contributed by atoms with Crippen LogP contribution in [-0.2, 0) is 4.79 Å². The zero-order valence-electron chi connectivity index (χ0n) is 16.1. The smallest absolute Gasteiger partial charge is 0.272 e. The maximum atomic E-state index is 13.4. The van der Waals surface area contributed by atoms with E-state index in [1.807, 2.05) is 37.3 Å². The zero-order valence-corrected chi connectivity index (χ0v) is 16.1. The van der Waals surface area contributed by atoms with Crippen LogP contribution >= 0.6 is 0 Å². The molecule has 3 heterocycles. The number of hydrogen-bond acceptors (Lipinski definition) is 5. The third-order valence-corrected chi connectivity index (χ3v) is 5.18. The van der Waals surface area contributed by atoms with E-state index in [2.05, 4.69) is 25.6 Å². The highest BCUT2D eigenvalue weighted by molar-refractivity contribution is 5.95. The van der Waals surface area contributed by atoms with E-state index in [1.165, 1.54) is 16.8 Å². The van der Waals surface area contributed by atoms with Crippen molar-refractivity contribution in [1.82, 2.24) is 25.0 Å². The normalized spacial score (nSPS) is 15.5. The predicted molar refractivity (Wildman–Crippen MR) is 109 cm³/mol. The fourth-order valence-electron chi connectivity index (χ4n) is 3.80. The molecule has 0 saturated heterocycles. The Hall–Kier alpha value is -3.94. The minimum atomic E-state index is -0.316. The second-order valence-corrected chi connectivity index (χ2v) is 7.12. The van der Waals surface area contributed by atoms with E-state index in [0.717, 1.165) is 22.4 Å². The number of aryl methyl sites for hydroxylation is 1. The SMILES string of the molecule is Cc1nn(-c2nncc(-c3ccccc3)n2)c2c1[C@@H](c1ccc(F)cc1)CC(=O)N2. The van der Waals surface area contributed by atoms with Gasteiger partial charge in [0, 0.05) is 23.5 Å². The van der Waals surface area contributed by atoms with Crippen molar-refractivity contribution < 1.29 is 9.18 Å². The lowest BCUT2D eigenvalue weighted by atomic mass is 9.86. The number of aromatic nitrogens is 5. The van der Waals surface area contributed by atoms with Crippen LogP contribution in [0, 0.1) is 12.7 Å². The van der Waals surface area contributed by atoms with E-state index in [1.54, 1.807) is 18.3 Å². The lowest BCUT2D eigenvalue weighted by Gasteiger charge is -2.24. The lowest BCUT2D eigenvalue weighted by Crippen LogP contribution is -2.25. The van der Waals surface area contributed by atoms with Gasteiger partial charge in [0.25, 0.3) is 5.95 Å². The van der Waals surface area contributed by atoms with Crippen molar-refractivity contribution in [2.75, 3.05) is 5.32 Å². The van der Waals surface area contributed by atoms with Gasteiger partial charge in [0.1, 0.15) is 11.6 Å². The standard InChI is InChI=1S/C22H17FN6O/c1-13-20-17(14-7-9-16(23)10-8-14)11-19(30)26-21(20)29(28-13)22-25-18(12-24-27-22)15-5-3-2-4-6-15/h2-10,12,17H,11H2,1H3,(H,26,30)/t17-/m1/s1. The minimum Gasteiger partial charge on any atom is -0.310 e. The van der Waals surface area contributed by atoms with Gasteiger partial charge in [-0.05, 0) is 24.6 Å². The summed E-state index contributed by atoms with van der Waals surface area (Å²) >= 11 is 0. The Bertz CT molecular complexity index is 1240. The summed E-state index contributed by atoms with van der Waals surface area (Å²) in [5.41, 5.74) is 4.02. The molecule has 1 N–H and O–H groups in total. The van der Waals surface area contributed by atoms with E-state index in [-0.39, 0.29) is 30.0 Å². The van der Waals surface area contributed by atoms with Crippen LogP contribution in [0.1, 0.15) is 29.2 Å². The molecule has 5 rings (SSSR count). The number of carbonyl (C=O) groups excluding carboxylic acids is 1. The molecule has 0 bridgehead atoms. The maximum Gasteiger partial charge on any atom is 0.272 e. The van der Waals surface area contributed by atoms with Crippen LogP contribution in [0.15, 0.2) is 60.8 Å². The lowest BCUT2D eigenvalue weighted by molar-refractivity contribution is -0.116. The number of fused-ring (bicyclic) bond motifs is 1. The number of hydrogen-bond donors (Lipinski definition) is 1. The van der Waals surface area contributed by atoms with Crippen LogP contribution in [0.25, 0.3) is 17.2 Å². The van der Waals surface area contributed by atoms with Gasteiger partial charge in [-0.1, -0.05) is 42.5 Å². The predicted octanol–water partition coefficient (Wildman–Crippen LogP) is 3.65. The van der Waals surface area contributed by atoms with Gasteiger partial charge in [0.05, 0.1) is 17.6 Å². The topological polar surface area (TPSA) is 85.6 Å². The van der Waals surface area contributed by atoms with E-state index in [4.69, 9.17) is 0 Å². The van der Waals surface area contributed by atoms with Crippen LogP contribution < -0.4 is 5.32 Å². The Morgan fingerprint density at radius 2 is 1.87 bits per heavy atom. The Balaban J connectivity index is 1.62. The highest BCUT2D eigenvalue weighted by atomic mass is 19.1. The number of nitrogens with one attached hydrogen (secondary N) is 1. The first kappa shape index (κ1) is 18.1. The molecule has 4 aromatic rings. The fourth-order valence-corrected chi connectivity index (χ4v) is 3.80. The van der Waals surface area contributed by atoms with E-state index in [0.29, 0.717) is 11.5 Å². The summed E-state index contributed by atoms with van der Waals surface area (Å²) in [4.78, 5) is 17.1. The highest BCUT2D eigenvalue weighted by Gasteiger charge is 2.33. The summed E-state index contributed by atoms with van der Waals surface area (Å²) in [7, 11) is 0. The summed E-state index contributed by atoms with van der Waals surface area (Å²) in [6, 6.07) is 15.8. The number of amides is 1. The van der Waals surface area contributed by atoms with Gasteiger partial charge in [0.2, 0.25) is 5.91 Å². The van der Waals surface area contributed by atoms with Crippen LogP contribution in [0.5, 0.6) is 0 Å². The molecule has 0 unspecified atom stereocenters. The van der Waals surface area contributed by atoms with Crippen molar-refractivity contribution in [2.45, 2.75) is 19.3 Å². The molecule has 0 saturated carbocycles. The first-order valence-electron chi connectivity index (χ1n) is 9.50. The number of carbonyl (C=O) groups is 1. The highest BCUT2D eigenvalue weighted by Crippen LogP contribution is 2.39. The van der Waals surface area contributed by atoms with Gasteiger partial charge in [-0.15, -0.1) is 5.10 Å². The molecule has 0 fully saturated rings. The monoisotopic (exact) mass is 400 g/mol. The van der Waals surface area contributed by atoms with Crippen molar-refractivity contribution in [3.05, 3.63) is 83.4 Å². The Labute approximate surface area is 171 Å². The van der Waals surface area contributed by atoms with Crippen LogP contribution in [0.4, 0.5) is 10.2 Å². The van der Waals surface area contributed by atoms with Crippen LogP contribution in [0.2, 0.25) is 0 Å². The molecule has 0 aliphatic carbocycles. The average Bonchev–Trinajstić information content (AvgIpc) is 3.11. The van der Waals surface area contributed by atoms with Crippen molar-refractivity contribution in [3.63, 3.8) is 0 Å². The van der Waals surface area contributed by atoms with Gasteiger partial charge >= 0.3 is 0 Å². The molecule has 1 aliphatic heterocycles. The molecule has 148 valence electrons. The molecule has 2 aromatic heterocycles. The van der Waals surface area contributed by atoms with E-state index >= 15 is 0 Å². The maximum absolute atomic E-state index is 13.4. The first-order valence-corrected chi connectivity index (χ1v) is 9.50. The average molecular weight is 400 g/mol. The molecule has 8 heteroatoms. The van der Waals surface area contributed by atoms with Gasteiger partial charge in [-0.2, -0.15) is 14.9 Å². The van der Waals surface area contributed by atoms with Crippen molar-refractivity contribution in [1.29, 1.82) is 0 Å². The Morgan fingerprint density at radius 3 is 2.63 bits per heavy atom. The number of nitrogens with zero attached hydrogens (tertiary/aromatic N) is 5. The molecule has 1 amide bonds. The second kappa shape index (κ2) is 7.14. The molecular formula is C22H17FN6O. The largest absolute Gasteiger partial charge is 0.310 e. The van der Waals surface area contributed by atoms with Gasteiger partial charge in [-0.25, -0.2) is 9.37 Å². The molecule has 1 atom stereocenters. The first-order chi connectivity index (χ1) is 14.6. The molecule has 7 nitrogen and oxygen atoms in total. The van der Waals surface area contributed by atoms with E-state index in [9.17, 15) is 9.18 Å². The van der Waals surface area contributed by atoms with Gasteiger partial charge in [0.15, 0.2) is 0 Å². The fraction of sp³-hybridized carbons (Fsp3) is 0.136. The summed E-state index contributed by atoms with van der Waals surface area (Å²) < 4.78 is 14.9. The Kier molecular flexibility index (Phi) is 4.31.